The van der Waals surface area contributed by atoms with E-state index in [1.165, 1.54) is 32.1 Å². The molecule has 4 rings (SSSR count). The molecule has 26 heavy (non-hydrogen) atoms. The molecule has 1 saturated carbocycles. The molecule has 0 spiro atoms. The maximum atomic E-state index is 12.8. The molecule has 2 fully saturated rings. The highest BCUT2D eigenvalue weighted by atomic mass is 35.5. The van der Waals surface area contributed by atoms with E-state index >= 15 is 0 Å². The van der Waals surface area contributed by atoms with Gasteiger partial charge in [-0.2, -0.15) is 0 Å². The van der Waals surface area contributed by atoms with Crippen LogP contribution in [0.25, 0.3) is 10.9 Å². The summed E-state index contributed by atoms with van der Waals surface area (Å²) in [5, 5.41) is 4.43. The summed E-state index contributed by atoms with van der Waals surface area (Å²) in [6.45, 7) is 2.06. The maximum absolute atomic E-state index is 12.8. The largest absolute Gasteiger partial charge is 0.348 e. The number of carbonyl (C=O) groups is 1. The number of likely N-dealkylation sites (tertiary alicyclic amines) is 1. The molecule has 6 heteroatoms. The van der Waals surface area contributed by atoms with Crippen molar-refractivity contribution in [3.05, 3.63) is 41.0 Å². The van der Waals surface area contributed by atoms with Crippen LogP contribution in [0.15, 0.2) is 30.3 Å². The van der Waals surface area contributed by atoms with E-state index in [0.29, 0.717) is 16.8 Å². The molecule has 1 saturated heterocycles. The van der Waals surface area contributed by atoms with Gasteiger partial charge in [-0.05, 0) is 31.4 Å². The van der Waals surface area contributed by atoms with Gasteiger partial charge in [0.05, 0.1) is 11.1 Å². The van der Waals surface area contributed by atoms with Gasteiger partial charge in [0.2, 0.25) is 0 Å². The van der Waals surface area contributed by atoms with Crippen LogP contribution in [0.3, 0.4) is 0 Å². The minimum atomic E-state index is -0.0454. The predicted octanol–water partition coefficient (Wildman–Crippen LogP) is 4.45. The normalized spacial score (nSPS) is 21.5. The first-order valence-electron chi connectivity index (χ1n) is 9.31. The summed E-state index contributed by atoms with van der Waals surface area (Å²) in [7, 11) is 0. The van der Waals surface area contributed by atoms with Crippen molar-refractivity contribution in [3.8, 4) is 0 Å². The average Bonchev–Trinajstić information content (AvgIpc) is 3.10. The third-order valence-corrected chi connectivity index (χ3v) is 5.77. The van der Waals surface area contributed by atoms with Crippen molar-refractivity contribution in [1.29, 1.82) is 0 Å². The molecule has 1 N–H and O–H groups in total. The van der Waals surface area contributed by atoms with Gasteiger partial charge in [-0.3, -0.25) is 9.69 Å². The molecule has 1 aromatic carbocycles. The fourth-order valence-corrected chi connectivity index (χ4v) is 4.48. The summed E-state index contributed by atoms with van der Waals surface area (Å²) in [6, 6.07) is 10.3. The molecule has 2 aliphatic rings. The topological polar surface area (TPSA) is 45.2 Å². The van der Waals surface area contributed by atoms with Gasteiger partial charge < -0.3 is 5.32 Å². The summed E-state index contributed by atoms with van der Waals surface area (Å²) in [4.78, 5) is 19.7. The summed E-state index contributed by atoms with van der Waals surface area (Å²) in [6.07, 6.45) is 7.72. The number of hydrogen-bond acceptors (Lipinski definition) is 3. The Bertz CT molecular complexity index is 777. The Morgan fingerprint density at radius 1 is 1.15 bits per heavy atom. The Labute approximate surface area is 165 Å². The van der Waals surface area contributed by atoms with E-state index in [-0.39, 0.29) is 24.4 Å². The zero-order valence-electron chi connectivity index (χ0n) is 14.8. The first kappa shape index (κ1) is 19.4. The van der Waals surface area contributed by atoms with Gasteiger partial charge in [0.25, 0.3) is 5.91 Å². The standard InChI is InChI=1S/C20H24ClN3O.ClH/c21-19-12-17(16-8-4-5-9-18(16)23-19)20(25)22-14-10-11-24(13-14)15-6-2-1-3-7-15;/h4-5,8-9,12,14-15H,1-3,6-7,10-11,13H2,(H,22,25);1H. The molecule has 4 nitrogen and oxygen atoms in total. The Hall–Kier alpha value is -1.36. The minimum absolute atomic E-state index is 0. The number of pyridine rings is 1. The van der Waals surface area contributed by atoms with Crippen LogP contribution in [0, 0.1) is 0 Å². The number of amides is 1. The van der Waals surface area contributed by atoms with Gasteiger partial charge in [-0.25, -0.2) is 4.98 Å². The molecule has 1 atom stereocenters. The van der Waals surface area contributed by atoms with E-state index in [4.69, 9.17) is 11.6 Å². The first-order valence-corrected chi connectivity index (χ1v) is 9.69. The predicted molar refractivity (Wildman–Crippen MR) is 108 cm³/mol. The van der Waals surface area contributed by atoms with Crippen LogP contribution in [-0.2, 0) is 0 Å². The SMILES string of the molecule is Cl.O=C(NC1CCN(C2CCCCC2)C1)c1cc(Cl)nc2ccccc12. The van der Waals surface area contributed by atoms with Gasteiger partial charge in [0, 0.05) is 30.6 Å². The smallest absolute Gasteiger partial charge is 0.252 e. The van der Waals surface area contributed by atoms with E-state index < -0.39 is 0 Å². The quantitative estimate of drug-likeness (QED) is 0.783. The number of halogens is 2. The second-order valence-electron chi connectivity index (χ2n) is 7.26. The molecule has 0 radical (unpaired) electrons. The maximum Gasteiger partial charge on any atom is 0.252 e. The molecule has 2 aromatic rings. The van der Waals surface area contributed by atoms with E-state index in [2.05, 4.69) is 15.2 Å². The molecule has 1 unspecified atom stereocenters. The lowest BCUT2D eigenvalue weighted by Gasteiger charge is -2.31. The van der Waals surface area contributed by atoms with Crippen LogP contribution in [0.4, 0.5) is 0 Å². The zero-order valence-corrected chi connectivity index (χ0v) is 16.4. The van der Waals surface area contributed by atoms with Crippen LogP contribution < -0.4 is 5.32 Å². The first-order chi connectivity index (χ1) is 12.2. The molecule has 0 bridgehead atoms. The lowest BCUT2D eigenvalue weighted by molar-refractivity contribution is 0.0936. The van der Waals surface area contributed by atoms with Crippen molar-refractivity contribution in [1.82, 2.24) is 15.2 Å². The lowest BCUT2D eigenvalue weighted by Crippen LogP contribution is -2.40. The number of aromatic nitrogens is 1. The second kappa shape index (κ2) is 8.55. The number of nitrogens with one attached hydrogen (secondary N) is 1. The number of nitrogens with zero attached hydrogens (tertiary/aromatic N) is 2. The molecule has 140 valence electrons. The highest BCUT2D eigenvalue weighted by Gasteiger charge is 2.30. The van der Waals surface area contributed by atoms with Gasteiger partial charge in [0.15, 0.2) is 0 Å². The number of carbonyl (C=O) groups excluding carboxylic acids is 1. The van der Waals surface area contributed by atoms with Gasteiger partial charge in [-0.1, -0.05) is 49.1 Å². The minimum Gasteiger partial charge on any atom is -0.348 e. The molecular weight excluding hydrogens is 369 g/mol. The van der Waals surface area contributed by atoms with Crippen molar-refractivity contribution in [2.75, 3.05) is 13.1 Å². The lowest BCUT2D eigenvalue weighted by atomic mass is 9.94. The van der Waals surface area contributed by atoms with Gasteiger partial charge in [0.1, 0.15) is 5.15 Å². The summed E-state index contributed by atoms with van der Waals surface area (Å²) in [5.41, 5.74) is 1.38. The van der Waals surface area contributed by atoms with Crippen molar-refractivity contribution in [2.24, 2.45) is 0 Å². The molecular formula is C20H25Cl2N3O. The number of benzene rings is 1. The summed E-state index contributed by atoms with van der Waals surface area (Å²) < 4.78 is 0. The van der Waals surface area contributed by atoms with Crippen LogP contribution in [-0.4, -0.2) is 41.0 Å². The van der Waals surface area contributed by atoms with Crippen molar-refractivity contribution >= 4 is 40.8 Å². The van der Waals surface area contributed by atoms with Crippen LogP contribution in [0.1, 0.15) is 48.9 Å². The Morgan fingerprint density at radius 2 is 1.92 bits per heavy atom. The molecule has 1 aliphatic carbocycles. The average molecular weight is 394 g/mol. The molecule has 2 heterocycles. The molecule has 1 aliphatic heterocycles. The monoisotopic (exact) mass is 393 g/mol. The Kier molecular flexibility index (Phi) is 6.38. The third-order valence-electron chi connectivity index (χ3n) is 5.58. The second-order valence-corrected chi connectivity index (χ2v) is 7.64. The van der Waals surface area contributed by atoms with Crippen molar-refractivity contribution in [2.45, 2.75) is 50.6 Å². The Balaban J connectivity index is 0.00000196. The molecule has 1 amide bonds. The highest BCUT2D eigenvalue weighted by molar-refractivity contribution is 6.30. The third kappa shape index (κ3) is 4.13. The fraction of sp³-hybridized carbons (Fsp3) is 0.500. The van der Waals surface area contributed by atoms with E-state index in [0.717, 1.165) is 30.4 Å². The van der Waals surface area contributed by atoms with E-state index in [1.54, 1.807) is 6.07 Å². The number of rotatable bonds is 3. The Morgan fingerprint density at radius 3 is 2.73 bits per heavy atom. The van der Waals surface area contributed by atoms with Crippen molar-refractivity contribution < 1.29 is 4.79 Å². The van der Waals surface area contributed by atoms with E-state index in [9.17, 15) is 4.79 Å². The molecule has 1 aromatic heterocycles. The zero-order chi connectivity index (χ0) is 17.2. The van der Waals surface area contributed by atoms with Gasteiger partial charge >= 0.3 is 0 Å². The number of para-hydroxylation sites is 1. The fourth-order valence-electron chi connectivity index (χ4n) is 4.28. The summed E-state index contributed by atoms with van der Waals surface area (Å²) >= 11 is 6.11. The summed E-state index contributed by atoms with van der Waals surface area (Å²) in [5.74, 6) is -0.0454. The van der Waals surface area contributed by atoms with E-state index in [1.807, 2.05) is 24.3 Å². The van der Waals surface area contributed by atoms with Crippen LogP contribution in [0.5, 0.6) is 0 Å². The number of fused-ring (bicyclic) bond motifs is 1. The van der Waals surface area contributed by atoms with Gasteiger partial charge in [-0.15, -0.1) is 12.4 Å². The van der Waals surface area contributed by atoms with Crippen LogP contribution in [0.2, 0.25) is 5.15 Å². The van der Waals surface area contributed by atoms with Crippen LogP contribution >= 0.6 is 24.0 Å². The number of hydrogen-bond donors (Lipinski definition) is 1. The highest BCUT2D eigenvalue weighted by Crippen LogP contribution is 2.26. The van der Waals surface area contributed by atoms with Crippen molar-refractivity contribution in [3.63, 3.8) is 0 Å².